The number of halogens is 1. The Balaban J connectivity index is 1.72. The standard InChI is InChI=1S/C16H25FN2O/c1-3-19-8-6-13(7-9-19)11-18-12-14-4-5-16(20-2)15(17)10-14/h4-5,10,13,18H,3,6-9,11-12H2,1-2H3. The van der Waals surface area contributed by atoms with E-state index in [1.165, 1.54) is 33.0 Å². The van der Waals surface area contributed by atoms with E-state index in [1.54, 1.807) is 12.1 Å². The minimum Gasteiger partial charge on any atom is -0.494 e. The monoisotopic (exact) mass is 280 g/mol. The molecule has 0 atom stereocenters. The molecule has 1 N–H and O–H groups in total. The Morgan fingerprint density at radius 3 is 2.70 bits per heavy atom. The molecule has 1 aromatic carbocycles. The van der Waals surface area contributed by atoms with Crippen molar-refractivity contribution in [2.45, 2.75) is 26.3 Å². The number of hydrogen-bond acceptors (Lipinski definition) is 3. The quantitative estimate of drug-likeness (QED) is 0.867. The van der Waals surface area contributed by atoms with Crippen LogP contribution in [0, 0.1) is 11.7 Å². The van der Waals surface area contributed by atoms with Crippen LogP contribution in [0.3, 0.4) is 0 Å². The SMILES string of the molecule is CCN1CCC(CNCc2ccc(OC)c(F)c2)CC1. The van der Waals surface area contributed by atoms with Gasteiger partial charge in [-0.25, -0.2) is 4.39 Å². The normalized spacial score (nSPS) is 17.4. The molecule has 0 amide bonds. The van der Waals surface area contributed by atoms with Crippen molar-refractivity contribution in [3.63, 3.8) is 0 Å². The molecule has 1 aliphatic heterocycles. The number of rotatable bonds is 6. The lowest BCUT2D eigenvalue weighted by Gasteiger charge is -2.31. The smallest absolute Gasteiger partial charge is 0.165 e. The van der Waals surface area contributed by atoms with Gasteiger partial charge in [-0.3, -0.25) is 0 Å². The Kier molecular flexibility index (Phi) is 5.80. The van der Waals surface area contributed by atoms with Crippen molar-refractivity contribution in [1.82, 2.24) is 10.2 Å². The molecule has 4 heteroatoms. The molecule has 0 aliphatic carbocycles. The van der Waals surface area contributed by atoms with Crippen LogP contribution in [-0.2, 0) is 6.54 Å². The van der Waals surface area contributed by atoms with E-state index in [1.807, 2.05) is 6.07 Å². The van der Waals surface area contributed by atoms with E-state index >= 15 is 0 Å². The van der Waals surface area contributed by atoms with Crippen LogP contribution in [0.5, 0.6) is 5.75 Å². The second kappa shape index (κ2) is 7.60. The highest BCUT2D eigenvalue weighted by Gasteiger charge is 2.17. The van der Waals surface area contributed by atoms with Gasteiger partial charge in [-0.15, -0.1) is 0 Å². The number of benzene rings is 1. The van der Waals surface area contributed by atoms with Crippen molar-refractivity contribution in [1.29, 1.82) is 0 Å². The number of ether oxygens (including phenoxy) is 1. The fraction of sp³-hybridized carbons (Fsp3) is 0.625. The molecule has 1 aromatic rings. The lowest BCUT2D eigenvalue weighted by Crippen LogP contribution is -2.36. The van der Waals surface area contributed by atoms with Crippen LogP contribution in [0.1, 0.15) is 25.3 Å². The molecule has 0 saturated carbocycles. The summed E-state index contributed by atoms with van der Waals surface area (Å²) in [6.07, 6.45) is 2.52. The zero-order valence-electron chi connectivity index (χ0n) is 12.5. The summed E-state index contributed by atoms with van der Waals surface area (Å²) in [7, 11) is 1.49. The van der Waals surface area contributed by atoms with Crippen LogP contribution in [0.15, 0.2) is 18.2 Å². The lowest BCUT2D eigenvalue weighted by atomic mass is 9.97. The van der Waals surface area contributed by atoms with Gasteiger partial charge < -0.3 is 15.0 Å². The Morgan fingerprint density at radius 1 is 1.35 bits per heavy atom. The van der Waals surface area contributed by atoms with E-state index in [2.05, 4.69) is 17.1 Å². The summed E-state index contributed by atoms with van der Waals surface area (Å²) in [6.45, 7) is 7.53. The molecule has 1 heterocycles. The van der Waals surface area contributed by atoms with E-state index < -0.39 is 0 Å². The summed E-state index contributed by atoms with van der Waals surface area (Å²) in [5, 5.41) is 3.44. The number of methoxy groups -OCH3 is 1. The highest BCUT2D eigenvalue weighted by Crippen LogP contribution is 2.18. The minimum absolute atomic E-state index is 0.289. The van der Waals surface area contributed by atoms with Gasteiger partial charge in [-0.1, -0.05) is 13.0 Å². The summed E-state index contributed by atoms with van der Waals surface area (Å²) in [4.78, 5) is 2.50. The Hall–Kier alpha value is -1.13. The van der Waals surface area contributed by atoms with Gasteiger partial charge in [0, 0.05) is 6.54 Å². The van der Waals surface area contributed by atoms with Gasteiger partial charge in [0.2, 0.25) is 0 Å². The van der Waals surface area contributed by atoms with Crippen LogP contribution in [0.2, 0.25) is 0 Å². The number of piperidine rings is 1. The Labute approximate surface area is 121 Å². The van der Waals surface area contributed by atoms with Crippen molar-refractivity contribution in [3.8, 4) is 5.75 Å². The van der Waals surface area contributed by atoms with E-state index in [0.29, 0.717) is 5.75 Å². The zero-order valence-corrected chi connectivity index (χ0v) is 12.5. The lowest BCUT2D eigenvalue weighted by molar-refractivity contribution is 0.190. The molecule has 20 heavy (non-hydrogen) atoms. The van der Waals surface area contributed by atoms with Crippen LogP contribution in [0.25, 0.3) is 0 Å². The molecule has 112 valence electrons. The third-order valence-electron chi connectivity index (χ3n) is 4.13. The average molecular weight is 280 g/mol. The molecule has 2 rings (SSSR count). The summed E-state index contributed by atoms with van der Waals surface area (Å²) in [6, 6.07) is 5.15. The molecule has 0 unspecified atom stereocenters. The predicted molar refractivity (Wildman–Crippen MR) is 79.5 cm³/mol. The maximum absolute atomic E-state index is 13.6. The van der Waals surface area contributed by atoms with E-state index in [-0.39, 0.29) is 5.82 Å². The molecule has 1 aliphatic rings. The fourth-order valence-corrected chi connectivity index (χ4v) is 2.75. The third kappa shape index (κ3) is 4.18. The molecule has 0 aromatic heterocycles. The molecule has 0 radical (unpaired) electrons. The van der Waals surface area contributed by atoms with Gasteiger partial charge >= 0.3 is 0 Å². The molecule has 1 saturated heterocycles. The van der Waals surface area contributed by atoms with Crippen LogP contribution in [-0.4, -0.2) is 38.2 Å². The van der Waals surface area contributed by atoms with Crippen molar-refractivity contribution >= 4 is 0 Å². The van der Waals surface area contributed by atoms with E-state index in [4.69, 9.17) is 4.74 Å². The topological polar surface area (TPSA) is 24.5 Å². The van der Waals surface area contributed by atoms with Crippen molar-refractivity contribution in [2.75, 3.05) is 33.3 Å². The largest absolute Gasteiger partial charge is 0.494 e. The molecule has 0 spiro atoms. The predicted octanol–water partition coefficient (Wildman–Crippen LogP) is 2.66. The van der Waals surface area contributed by atoms with Gasteiger partial charge in [-0.05, 0) is 62.6 Å². The van der Waals surface area contributed by atoms with Gasteiger partial charge in [-0.2, -0.15) is 0 Å². The Morgan fingerprint density at radius 2 is 2.10 bits per heavy atom. The number of nitrogens with zero attached hydrogens (tertiary/aromatic N) is 1. The van der Waals surface area contributed by atoms with Crippen molar-refractivity contribution < 1.29 is 9.13 Å². The first-order valence-electron chi connectivity index (χ1n) is 7.48. The Bertz CT molecular complexity index is 417. The van der Waals surface area contributed by atoms with Crippen LogP contribution in [0.4, 0.5) is 4.39 Å². The second-order valence-electron chi connectivity index (χ2n) is 5.48. The summed E-state index contributed by atoms with van der Waals surface area (Å²) in [5.41, 5.74) is 0.967. The van der Waals surface area contributed by atoms with Crippen LogP contribution < -0.4 is 10.1 Å². The number of hydrogen-bond donors (Lipinski definition) is 1. The molecular weight excluding hydrogens is 255 g/mol. The number of nitrogens with one attached hydrogen (secondary N) is 1. The van der Waals surface area contributed by atoms with Gasteiger partial charge in [0.15, 0.2) is 11.6 Å². The first-order valence-corrected chi connectivity index (χ1v) is 7.48. The molecule has 1 fully saturated rings. The summed E-state index contributed by atoms with van der Waals surface area (Å²) < 4.78 is 18.5. The summed E-state index contributed by atoms with van der Waals surface area (Å²) >= 11 is 0. The van der Waals surface area contributed by atoms with Gasteiger partial charge in [0.1, 0.15) is 0 Å². The van der Waals surface area contributed by atoms with Crippen molar-refractivity contribution in [2.24, 2.45) is 5.92 Å². The summed E-state index contributed by atoms with van der Waals surface area (Å²) in [5.74, 6) is 0.768. The minimum atomic E-state index is -0.289. The molecule has 0 bridgehead atoms. The van der Waals surface area contributed by atoms with Gasteiger partial charge in [0.05, 0.1) is 7.11 Å². The highest BCUT2D eigenvalue weighted by molar-refractivity contribution is 5.29. The molecular formula is C16H25FN2O. The van der Waals surface area contributed by atoms with E-state index in [0.717, 1.165) is 31.1 Å². The zero-order chi connectivity index (χ0) is 14.4. The highest BCUT2D eigenvalue weighted by atomic mass is 19.1. The van der Waals surface area contributed by atoms with Crippen molar-refractivity contribution in [3.05, 3.63) is 29.6 Å². The first-order chi connectivity index (χ1) is 9.72. The maximum Gasteiger partial charge on any atom is 0.165 e. The maximum atomic E-state index is 13.6. The first kappa shape index (κ1) is 15.3. The van der Waals surface area contributed by atoms with E-state index in [9.17, 15) is 4.39 Å². The van der Waals surface area contributed by atoms with Crippen LogP contribution >= 0.6 is 0 Å². The third-order valence-corrected chi connectivity index (χ3v) is 4.13. The fourth-order valence-electron chi connectivity index (χ4n) is 2.75. The number of likely N-dealkylation sites (tertiary alicyclic amines) is 1. The average Bonchev–Trinajstić information content (AvgIpc) is 2.48. The van der Waals surface area contributed by atoms with Gasteiger partial charge in [0.25, 0.3) is 0 Å². The molecule has 3 nitrogen and oxygen atoms in total. The second-order valence-corrected chi connectivity index (χ2v) is 5.48.